The molecule has 27 heavy (non-hydrogen) atoms. The first kappa shape index (κ1) is 18.9. The second kappa shape index (κ2) is 7.40. The van der Waals surface area contributed by atoms with Crippen molar-refractivity contribution < 1.29 is 13.2 Å². The monoisotopic (exact) mass is 382 g/mol. The van der Waals surface area contributed by atoms with Gasteiger partial charge < -0.3 is 9.88 Å². The lowest BCUT2D eigenvalue weighted by molar-refractivity contribution is 0.102. The average molecular weight is 382 g/mol. The van der Waals surface area contributed by atoms with Gasteiger partial charge in [0.15, 0.2) is 9.84 Å². The molecule has 2 aromatic carbocycles. The third-order valence-corrected chi connectivity index (χ3v) is 5.16. The Morgan fingerprint density at radius 3 is 1.96 bits per heavy atom. The molecule has 1 aromatic heterocycles. The number of aryl methyl sites for hydroxylation is 2. The molecule has 1 N–H and O–H groups in total. The Hall–Kier alpha value is -2.86. The van der Waals surface area contributed by atoms with Gasteiger partial charge in [0.2, 0.25) is 0 Å². The molecule has 0 fully saturated rings. The van der Waals surface area contributed by atoms with Crippen LogP contribution in [0.25, 0.3) is 5.69 Å². The van der Waals surface area contributed by atoms with Gasteiger partial charge in [0.25, 0.3) is 5.91 Å². The van der Waals surface area contributed by atoms with Crippen molar-refractivity contribution >= 4 is 21.4 Å². The number of benzene rings is 2. The molecule has 140 valence electrons. The van der Waals surface area contributed by atoms with E-state index in [2.05, 4.69) is 35.9 Å². The number of hydrogen-bond donors (Lipinski definition) is 1. The van der Waals surface area contributed by atoms with Crippen molar-refractivity contribution in [2.24, 2.45) is 0 Å². The van der Waals surface area contributed by atoms with Gasteiger partial charge in [0, 0.05) is 34.6 Å². The lowest BCUT2D eigenvalue weighted by Gasteiger charge is -2.11. The number of sulfone groups is 1. The number of amides is 1. The van der Waals surface area contributed by atoms with Crippen molar-refractivity contribution in [2.75, 3.05) is 11.6 Å². The lowest BCUT2D eigenvalue weighted by Crippen LogP contribution is -2.12. The van der Waals surface area contributed by atoms with E-state index in [9.17, 15) is 13.2 Å². The molecule has 0 radical (unpaired) electrons. The van der Waals surface area contributed by atoms with Gasteiger partial charge in [0.05, 0.1) is 5.75 Å². The van der Waals surface area contributed by atoms with E-state index in [4.69, 9.17) is 0 Å². The van der Waals surface area contributed by atoms with Gasteiger partial charge in [-0.3, -0.25) is 4.79 Å². The zero-order chi connectivity index (χ0) is 19.6. The molecular formula is C21H22N2O3S. The SMILES string of the molecule is Cc1ccc(C)n1-c1ccc(NC(=O)c2ccc(CS(C)(=O)=O)cc2)cc1. The summed E-state index contributed by atoms with van der Waals surface area (Å²) in [4.78, 5) is 12.4. The molecule has 1 heterocycles. The molecule has 0 aliphatic rings. The highest BCUT2D eigenvalue weighted by molar-refractivity contribution is 7.89. The van der Waals surface area contributed by atoms with Crippen LogP contribution < -0.4 is 5.32 Å². The molecule has 0 saturated carbocycles. The van der Waals surface area contributed by atoms with Crippen LogP contribution in [0, 0.1) is 13.8 Å². The van der Waals surface area contributed by atoms with Crippen molar-refractivity contribution in [3.8, 4) is 5.69 Å². The quantitative estimate of drug-likeness (QED) is 0.728. The Bertz CT molecular complexity index is 1040. The van der Waals surface area contributed by atoms with Gasteiger partial charge in [-0.05, 0) is 67.9 Å². The highest BCUT2D eigenvalue weighted by Gasteiger charge is 2.09. The number of hydrogen-bond acceptors (Lipinski definition) is 3. The van der Waals surface area contributed by atoms with Crippen LogP contribution in [0.4, 0.5) is 5.69 Å². The summed E-state index contributed by atoms with van der Waals surface area (Å²) in [5.74, 6) is -0.267. The number of aromatic nitrogens is 1. The van der Waals surface area contributed by atoms with E-state index >= 15 is 0 Å². The minimum Gasteiger partial charge on any atom is -0.322 e. The van der Waals surface area contributed by atoms with Crippen molar-refractivity contribution in [3.63, 3.8) is 0 Å². The van der Waals surface area contributed by atoms with Crippen molar-refractivity contribution in [1.82, 2.24) is 4.57 Å². The zero-order valence-corrected chi connectivity index (χ0v) is 16.4. The summed E-state index contributed by atoms with van der Waals surface area (Å²) in [7, 11) is -3.09. The summed E-state index contributed by atoms with van der Waals surface area (Å²) in [6, 6.07) is 18.4. The second-order valence-corrected chi connectivity index (χ2v) is 8.86. The zero-order valence-electron chi connectivity index (χ0n) is 15.6. The number of nitrogens with one attached hydrogen (secondary N) is 1. The van der Waals surface area contributed by atoms with Gasteiger partial charge in [-0.25, -0.2) is 8.42 Å². The lowest BCUT2D eigenvalue weighted by atomic mass is 10.1. The number of rotatable bonds is 5. The first-order valence-corrected chi connectivity index (χ1v) is 10.6. The normalized spacial score (nSPS) is 11.4. The third-order valence-electron chi connectivity index (χ3n) is 4.30. The molecule has 0 spiro atoms. The number of carbonyl (C=O) groups excluding carboxylic acids is 1. The predicted octanol–water partition coefficient (Wildman–Crippen LogP) is 3.89. The van der Waals surface area contributed by atoms with Gasteiger partial charge >= 0.3 is 0 Å². The maximum absolute atomic E-state index is 12.4. The third kappa shape index (κ3) is 4.65. The Balaban J connectivity index is 1.71. The standard InChI is InChI=1S/C21H22N2O3S/c1-15-4-5-16(2)23(15)20-12-10-19(11-13-20)22-21(24)18-8-6-17(7-9-18)14-27(3,25)26/h4-13H,14H2,1-3H3,(H,22,24). The van der Waals surface area contributed by atoms with E-state index in [0.29, 0.717) is 16.8 Å². The van der Waals surface area contributed by atoms with Crippen molar-refractivity contribution in [2.45, 2.75) is 19.6 Å². The molecule has 0 aliphatic heterocycles. The van der Waals surface area contributed by atoms with E-state index in [-0.39, 0.29) is 11.7 Å². The van der Waals surface area contributed by atoms with Gasteiger partial charge in [-0.1, -0.05) is 12.1 Å². The highest BCUT2D eigenvalue weighted by Crippen LogP contribution is 2.19. The highest BCUT2D eigenvalue weighted by atomic mass is 32.2. The maximum atomic E-state index is 12.4. The summed E-state index contributed by atoms with van der Waals surface area (Å²) in [6.45, 7) is 4.10. The number of anilines is 1. The fourth-order valence-electron chi connectivity index (χ4n) is 3.03. The molecule has 1 amide bonds. The van der Waals surface area contributed by atoms with Gasteiger partial charge in [-0.15, -0.1) is 0 Å². The van der Waals surface area contributed by atoms with E-state index in [1.807, 2.05) is 24.3 Å². The van der Waals surface area contributed by atoms with Crippen LogP contribution in [0.3, 0.4) is 0 Å². The van der Waals surface area contributed by atoms with Crippen LogP contribution in [0.2, 0.25) is 0 Å². The van der Waals surface area contributed by atoms with Gasteiger partial charge in [-0.2, -0.15) is 0 Å². The van der Waals surface area contributed by atoms with Crippen molar-refractivity contribution in [1.29, 1.82) is 0 Å². The second-order valence-electron chi connectivity index (χ2n) is 6.72. The van der Waals surface area contributed by atoms with Crippen LogP contribution in [-0.2, 0) is 15.6 Å². The molecule has 0 aliphatic carbocycles. The molecule has 0 atom stereocenters. The first-order valence-electron chi connectivity index (χ1n) is 8.56. The summed E-state index contributed by atoms with van der Waals surface area (Å²) < 4.78 is 24.8. The molecule has 5 nitrogen and oxygen atoms in total. The molecule has 0 saturated heterocycles. The summed E-state index contributed by atoms with van der Waals surface area (Å²) in [5, 5.41) is 2.86. The largest absolute Gasteiger partial charge is 0.322 e. The molecule has 3 aromatic rings. The van der Waals surface area contributed by atoms with E-state index in [0.717, 1.165) is 17.1 Å². The van der Waals surface area contributed by atoms with Crippen LogP contribution in [0.15, 0.2) is 60.7 Å². The fourth-order valence-corrected chi connectivity index (χ4v) is 3.83. The predicted molar refractivity (Wildman–Crippen MR) is 108 cm³/mol. The topological polar surface area (TPSA) is 68.2 Å². The fraction of sp³-hybridized carbons (Fsp3) is 0.190. The van der Waals surface area contributed by atoms with Crippen LogP contribution in [0.1, 0.15) is 27.3 Å². The first-order chi connectivity index (χ1) is 12.7. The molecule has 0 unspecified atom stereocenters. The van der Waals surface area contributed by atoms with E-state index in [1.54, 1.807) is 24.3 Å². The minimum atomic E-state index is -3.09. The minimum absolute atomic E-state index is 0.0331. The molecular weight excluding hydrogens is 360 g/mol. The molecule has 0 bridgehead atoms. The molecule has 6 heteroatoms. The molecule has 3 rings (SSSR count). The van der Waals surface area contributed by atoms with Gasteiger partial charge in [0.1, 0.15) is 0 Å². The Labute approximate surface area is 159 Å². The maximum Gasteiger partial charge on any atom is 0.255 e. The van der Waals surface area contributed by atoms with Crippen LogP contribution >= 0.6 is 0 Å². The summed E-state index contributed by atoms with van der Waals surface area (Å²) >= 11 is 0. The van der Waals surface area contributed by atoms with Crippen molar-refractivity contribution in [3.05, 3.63) is 83.2 Å². The summed E-state index contributed by atoms with van der Waals surface area (Å²) in [5.41, 5.74) is 5.19. The Morgan fingerprint density at radius 1 is 0.889 bits per heavy atom. The summed E-state index contributed by atoms with van der Waals surface area (Å²) in [6.07, 6.45) is 1.19. The smallest absolute Gasteiger partial charge is 0.255 e. The van der Waals surface area contributed by atoms with Crippen LogP contribution in [-0.4, -0.2) is 25.1 Å². The number of nitrogens with zero attached hydrogens (tertiary/aromatic N) is 1. The Kier molecular flexibility index (Phi) is 5.19. The van der Waals surface area contributed by atoms with E-state index < -0.39 is 9.84 Å². The van der Waals surface area contributed by atoms with Crippen LogP contribution in [0.5, 0.6) is 0 Å². The Morgan fingerprint density at radius 2 is 1.44 bits per heavy atom. The van der Waals surface area contributed by atoms with E-state index in [1.165, 1.54) is 6.26 Å². The average Bonchev–Trinajstić information content (AvgIpc) is 2.93. The number of carbonyl (C=O) groups is 1.